The molecule has 0 radical (unpaired) electrons. The first-order valence-electron chi connectivity index (χ1n) is 6.11. The van der Waals surface area contributed by atoms with Crippen molar-refractivity contribution in [1.82, 2.24) is 4.98 Å². The van der Waals surface area contributed by atoms with Crippen molar-refractivity contribution in [2.45, 2.75) is 32.1 Å². The second-order valence-electron chi connectivity index (χ2n) is 4.60. The molecule has 0 aliphatic heterocycles. The topological polar surface area (TPSA) is 15.8 Å². The second-order valence-corrected chi connectivity index (χ2v) is 4.60. The van der Waals surface area contributed by atoms with Crippen molar-refractivity contribution >= 4 is 0 Å². The van der Waals surface area contributed by atoms with Crippen molar-refractivity contribution in [1.29, 1.82) is 0 Å². The lowest BCUT2D eigenvalue weighted by atomic mass is 9.74. The van der Waals surface area contributed by atoms with Gasteiger partial charge in [-0.05, 0) is 30.0 Å². The maximum atomic E-state index is 3.40. The van der Waals surface area contributed by atoms with Crippen molar-refractivity contribution in [3.05, 3.63) is 47.7 Å². The summed E-state index contributed by atoms with van der Waals surface area (Å²) in [5, 5.41) is 0. The molecular formula is C15H17N. The number of hydrogen-bond acceptors (Lipinski definition) is 0. The van der Waals surface area contributed by atoms with Crippen LogP contribution in [0.4, 0.5) is 0 Å². The molecule has 1 aromatic heterocycles. The Balaban J connectivity index is 2.36. The summed E-state index contributed by atoms with van der Waals surface area (Å²) in [6.07, 6.45) is 4.41. The molecule has 0 bridgehead atoms. The number of H-pyrrole nitrogens is 1. The third-order valence-electron chi connectivity index (χ3n) is 4.18. The molecule has 0 fully saturated rings. The molecule has 0 saturated heterocycles. The van der Waals surface area contributed by atoms with E-state index in [1.54, 1.807) is 0 Å². The lowest BCUT2D eigenvalue weighted by Crippen LogP contribution is -2.22. The molecule has 0 amide bonds. The number of hydrogen-bond donors (Lipinski definition) is 1. The van der Waals surface area contributed by atoms with Crippen LogP contribution in [-0.2, 0) is 5.41 Å². The van der Waals surface area contributed by atoms with Crippen LogP contribution in [0.2, 0.25) is 0 Å². The predicted octanol–water partition coefficient (Wildman–Crippen LogP) is 4.10. The van der Waals surface area contributed by atoms with E-state index < -0.39 is 0 Å². The van der Waals surface area contributed by atoms with E-state index >= 15 is 0 Å². The molecule has 1 aliphatic carbocycles. The first-order chi connectivity index (χ1) is 7.83. The SMILES string of the molecule is CCC1(CC)c2ccccc2-c2[nH]ccc21. The Morgan fingerprint density at radius 1 is 1.00 bits per heavy atom. The molecule has 82 valence electrons. The monoisotopic (exact) mass is 211 g/mol. The van der Waals surface area contributed by atoms with Crippen molar-refractivity contribution < 1.29 is 0 Å². The quantitative estimate of drug-likeness (QED) is 0.769. The maximum absolute atomic E-state index is 3.40. The zero-order valence-electron chi connectivity index (χ0n) is 9.88. The van der Waals surface area contributed by atoms with E-state index in [1.807, 2.05) is 0 Å². The summed E-state index contributed by atoms with van der Waals surface area (Å²) in [4.78, 5) is 3.40. The number of benzene rings is 1. The van der Waals surface area contributed by atoms with Gasteiger partial charge in [-0.25, -0.2) is 0 Å². The van der Waals surface area contributed by atoms with E-state index in [0.29, 0.717) is 0 Å². The highest BCUT2D eigenvalue weighted by atomic mass is 14.7. The van der Waals surface area contributed by atoms with E-state index in [1.165, 1.54) is 35.2 Å². The van der Waals surface area contributed by atoms with Crippen molar-refractivity contribution in [3.8, 4) is 11.3 Å². The van der Waals surface area contributed by atoms with Gasteiger partial charge in [0.1, 0.15) is 0 Å². The van der Waals surface area contributed by atoms with E-state index in [4.69, 9.17) is 0 Å². The first-order valence-corrected chi connectivity index (χ1v) is 6.11. The highest BCUT2D eigenvalue weighted by Gasteiger charge is 2.40. The normalized spacial score (nSPS) is 15.9. The van der Waals surface area contributed by atoms with Gasteiger partial charge in [-0.15, -0.1) is 0 Å². The molecule has 1 nitrogen and oxygen atoms in total. The van der Waals surface area contributed by atoms with Crippen LogP contribution in [0.15, 0.2) is 36.5 Å². The molecule has 1 heterocycles. The second kappa shape index (κ2) is 3.24. The van der Waals surface area contributed by atoms with Gasteiger partial charge in [-0.1, -0.05) is 38.1 Å². The largest absolute Gasteiger partial charge is 0.361 e. The third kappa shape index (κ3) is 0.960. The molecule has 1 aliphatic rings. The fourth-order valence-electron chi connectivity index (χ4n) is 3.27. The van der Waals surface area contributed by atoms with Gasteiger partial charge in [0.25, 0.3) is 0 Å². The van der Waals surface area contributed by atoms with E-state index in [2.05, 4.69) is 55.4 Å². The summed E-state index contributed by atoms with van der Waals surface area (Å²) in [6.45, 7) is 4.59. The summed E-state index contributed by atoms with van der Waals surface area (Å²) in [6, 6.07) is 11.1. The molecule has 0 unspecified atom stereocenters. The van der Waals surface area contributed by atoms with Crippen molar-refractivity contribution in [3.63, 3.8) is 0 Å². The molecule has 2 aromatic rings. The fourth-order valence-corrected chi connectivity index (χ4v) is 3.27. The Morgan fingerprint density at radius 3 is 2.50 bits per heavy atom. The van der Waals surface area contributed by atoms with Crippen LogP contribution >= 0.6 is 0 Å². The van der Waals surface area contributed by atoms with Crippen LogP contribution in [0.1, 0.15) is 37.8 Å². The number of fused-ring (bicyclic) bond motifs is 3. The Labute approximate surface area is 96.5 Å². The third-order valence-corrected chi connectivity index (χ3v) is 4.18. The van der Waals surface area contributed by atoms with Crippen LogP contribution in [-0.4, -0.2) is 4.98 Å². The average Bonchev–Trinajstić information content (AvgIpc) is 2.89. The zero-order valence-corrected chi connectivity index (χ0v) is 9.88. The summed E-state index contributed by atoms with van der Waals surface area (Å²) in [5.41, 5.74) is 5.96. The van der Waals surface area contributed by atoms with Crippen LogP contribution in [0.25, 0.3) is 11.3 Å². The zero-order chi connectivity index (χ0) is 11.2. The van der Waals surface area contributed by atoms with Crippen LogP contribution in [0, 0.1) is 0 Å². The van der Waals surface area contributed by atoms with Crippen LogP contribution in [0.3, 0.4) is 0 Å². The minimum absolute atomic E-state index is 0.242. The number of aromatic amines is 1. The molecule has 3 rings (SSSR count). The van der Waals surface area contributed by atoms with Gasteiger partial charge in [-0.3, -0.25) is 0 Å². The molecule has 0 spiro atoms. The maximum Gasteiger partial charge on any atom is 0.0498 e. The van der Waals surface area contributed by atoms with E-state index in [0.717, 1.165) is 0 Å². The summed E-state index contributed by atoms with van der Waals surface area (Å²) < 4.78 is 0. The van der Waals surface area contributed by atoms with Gasteiger partial charge in [0.15, 0.2) is 0 Å². The summed E-state index contributed by atoms with van der Waals surface area (Å²) in [5.74, 6) is 0. The van der Waals surface area contributed by atoms with E-state index in [9.17, 15) is 0 Å². The van der Waals surface area contributed by atoms with Gasteiger partial charge in [-0.2, -0.15) is 0 Å². The lowest BCUT2D eigenvalue weighted by Gasteiger charge is -2.28. The minimum atomic E-state index is 0.242. The Bertz CT molecular complexity index is 518. The summed E-state index contributed by atoms with van der Waals surface area (Å²) in [7, 11) is 0. The average molecular weight is 211 g/mol. The Morgan fingerprint density at radius 2 is 1.75 bits per heavy atom. The lowest BCUT2D eigenvalue weighted by molar-refractivity contribution is 0.491. The van der Waals surface area contributed by atoms with E-state index in [-0.39, 0.29) is 5.41 Å². The molecule has 1 aromatic carbocycles. The molecule has 1 N–H and O–H groups in total. The van der Waals surface area contributed by atoms with Gasteiger partial charge >= 0.3 is 0 Å². The Kier molecular flexibility index (Phi) is 1.97. The van der Waals surface area contributed by atoms with Crippen molar-refractivity contribution in [2.24, 2.45) is 0 Å². The van der Waals surface area contributed by atoms with Gasteiger partial charge in [0.2, 0.25) is 0 Å². The predicted molar refractivity (Wildman–Crippen MR) is 67.6 cm³/mol. The molecule has 0 saturated carbocycles. The molecule has 0 atom stereocenters. The fraction of sp³-hybridized carbons (Fsp3) is 0.333. The smallest absolute Gasteiger partial charge is 0.0498 e. The van der Waals surface area contributed by atoms with Crippen LogP contribution < -0.4 is 0 Å². The minimum Gasteiger partial charge on any atom is -0.361 e. The van der Waals surface area contributed by atoms with Gasteiger partial charge in [0, 0.05) is 22.9 Å². The number of rotatable bonds is 2. The first kappa shape index (κ1) is 9.71. The van der Waals surface area contributed by atoms with Gasteiger partial charge in [0.05, 0.1) is 0 Å². The molecular weight excluding hydrogens is 194 g/mol. The Hall–Kier alpha value is -1.50. The highest BCUT2D eigenvalue weighted by Crippen LogP contribution is 2.51. The van der Waals surface area contributed by atoms with Crippen LogP contribution in [0.5, 0.6) is 0 Å². The van der Waals surface area contributed by atoms with Gasteiger partial charge < -0.3 is 4.98 Å². The highest BCUT2D eigenvalue weighted by molar-refractivity contribution is 5.78. The standard InChI is InChI=1S/C15H17N/c1-3-15(4-2)12-8-6-5-7-11(12)14-13(15)9-10-16-14/h5-10,16H,3-4H2,1-2H3. The summed E-state index contributed by atoms with van der Waals surface area (Å²) >= 11 is 0. The molecule has 1 heteroatoms. The number of aromatic nitrogens is 1. The number of nitrogens with one attached hydrogen (secondary N) is 1. The van der Waals surface area contributed by atoms with Crippen molar-refractivity contribution in [2.75, 3.05) is 0 Å². The molecule has 16 heavy (non-hydrogen) atoms.